The quantitative estimate of drug-likeness (QED) is 0.450. The highest BCUT2D eigenvalue weighted by Crippen LogP contribution is 2.23. The Balaban J connectivity index is 1.50. The summed E-state index contributed by atoms with van der Waals surface area (Å²) in [7, 11) is 0. The molecule has 4 rings (SSSR count). The molecule has 0 bridgehead atoms. The van der Waals surface area contributed by atoms with Crippen LogP contribution in [0, 0.1) is 6.92 Å². The normalized spacial score (nSPS) is 10.8. The minimum atomic E-state index is -0.252. The number of nitrogens with zero attached hydrogens (tertiary/aromatic N) is 3. The van der Waals surface area contributed by atoms with Gasteiger partial charge < -0.3 is 15.2 Å². The zero-order valence-electron chi connectivity index (χ0n) is 15.9. The Hall–Kier alpha value is -3.19. The number of benzene rings is 2. The lowest BCUT2D eigenvalue weighted by Gasteiger charge is -2.11. The van der Waals surface area contributed by atoms with Gasteiger partial charge in [0.15, 0.2) is 5.65 Å². The highest BCUT2D eigenvalue weighted by Gasteiger charge is 2.13. The Morgan fingerprint density at radius 3 is 2.72 bits per heavy atom. The number of rotatable bonds is 5. The maximum Gasteiger partial charge on any atom is 0.319 e. The van der Waals surface area contributed by atoms with Crippen molar-refractivity contribution in [3.05, 3.63) is 76.9 Å². The zero-order chi connectivity index (χ0) is 20.2. The van der Waals surface area contributed by atoms with Crippen LogP contribution in [-0.4, -0.2) is 27.1 Å². The fraction of sp³-hybridized carbons (Fsp3) is 0.136. The van der Waals surface area contributed by atoms with Crippen molar-refractivity contribution in [3.8, 4) is 11.4 Å². The molecular weight excluding hydrogens is 430 g/mol. The molecular formula is C22H20BrN5O. The van der Waals surface area contributed by atoms with E-state index in [0.29, 0.717) is 13.1 Å². The Morgan fingerprint density at radius 2 is 1.93 bits per heavy atom. The van der Waals surface area contributed by atoms with Crippen LogP contribution in [-0.2, 0) is 6.54 Å². The maximum atomic E-state index is 12.2. The number of aromatic nitrogens is 3. The minimum absolute atomic E-state index is 0.252. The summed E-state index contributed by atoms with van der Waals surface area (Å²) in [4.78, 5) is 21.5. The molecule has 0 spiro atoms. The predicted molar refractivity (Wildman–Crippen MR) is 119 cm³/mol. The fourth-order valence-electron chi connectivity index (χ4n) is 3.12. The molecule has 6 nitrogen and oxygen atoms in total. The third kappa shape index (κ3) is 4.46. The summed E-state index contributed by atoms with van der Waals surface area (Å²) < 4.78 is 2.95. The molecule has 2 amide bonds. The molecule has 4 aromatic rings. The van der Waals surface area contributed by atoms with Crippen LogP contribution in [0.5, 0.6) is 0 Å². The summed E-state index contributed by atoms with van der Waals surface area (Å²) in [6.45, 7) is 3.06. The van der Waals surface area contributed by atoms with E-state index >= 15 is 0 Å². The van der Waals surface area contributed by atoms with Crippen molar-refractivity contribution in [3.63, 3.8) is 0 Å². The molecule has 29 heavy (non-hydrogen) atoms. The van der Waals surface area contributed by atoms with Crippen molar-refractivity contribution < 1.29 is 4.79 Å². The van der Waals surface area contributed by atoms with E-state index in [-0.39, 0.29) is 6.03 Å². The first-order chi connectivity index (χ1) is 14.1. The lowest BCUT2D eigenvalue weighted by molar-refractivity contribution is 0.251. The van der Waals surface area contributed by atoms with Gasteiger partial charge in [-0.3, -0.25) is 0 Å². The molecule has 0 saturated carbocycles. The average Bonchev–Trinajstić information content (AvgIpc) is 3.07. The third-order valence-corrected chi connectivity index (χ3v) is 5.01. The van der Waals surface area contributed by atoms with Gasteiger partial charge >= 0.3 is 6.03 Å². The van der Waals surface area contributed by atoms with E-state index in [9.17, 15) is 4.79 Å². The number of fused-ring (bicyclic) bond motifs is 1. The number of imidazole rings is 1. The number of pyridine rings is 1. The second-order valence-corrected chi connectivity index (χ2v) is 7.61. The van der Waals surface area contributed by atoms with Crippen LogP contribution in [0.3, 0.4) is 0 Å². The van der Waals surface area contributed by atoms with Crippen LogP contribution in [0.4, 0.5) is 10.5 Å². The molecule has 2 aromatic carbocycles. The van der Waals surface area contributed by atoms with E-state index in [0.717, 1.165) is 32.7 Å². The number of aryl methyl sites for hydroxylation is 1. The van der Waals surface area contributed by atoms with Gasteiger partial charge in [0.2, 0.25) is 0 Å². The number of carbonyl (C=O) groups excluding carboxylic acids is 1. The zero-order valence-corrected chi connectivity index (χ0v) is 17.5. The Kier molecular flexibility index (Phi) is 5.57. The first-order valence-corrected chi connectivity index (χ1v) is 10.1. The van der Waals surface area contributed by atoms with E-state index in [2.05, 4.69) is 62.7 Å². The van der Waals surface area contributed by atoms with Crippen molar-refractivity contribution in [1.82, 2.24) is 19.9 Å². The standard InChI is InChI=1S/C22H20BrN5O/c1-15-7-9-16(10-8-15)20-27-19-6-3-11-24-21(19)28(20)13-12-25-22(29)26-18-5-2-4-17(23)14-18/h2-11,14H,12-13H2,1H3,(H2,25,26,29). The van der Waals surface area contributed by atoms with Crippen LogP contribution in [0.25, 0.3) is 22.6 Å². The summed E-state index contributed by atoms with van der Waals surface area (Å²) in [6.07, 6.45) is 1.76. The van der Waals surface area contributed by atoms with Gasteiger partial charge in [0.25, 0.3) is 0 Å². The van der Waals surface area contributed by atoms with Gasteiger partial charge in [-0.25, -0.2) is 14.8 Å². The largest absolute Gasteiger partial charge is 0.336 e. The minimum Gasteiger partial charge on any atom is -0.336 e. The summed E-state index contributed by atoms with van der Waals surface area (Å²) in [5.41, 5.74) is 4.58. The van der Waals surface area contributed by atoms with Crippen molar-refractivity contribution in [1.29, 1.82) is 0 Å². The van der Waals surface area contributed by atoms with E-state index in [4.69, 9.17) is 4.98 Å². The molecule has 2 N–H and O–H groups in total. The smallest absolute Gasteiger partial charge is 0.319 e. The molecule has 0 fully saturated rings. The van der Waals surface area contributed by atoms with Crippen molar-refractivity contribution in [2.45, 2.75) is 13.5 Å². The molecule has 0 aliphatic heterocycles. The second kappa shape index (κ2) is 8.45. The Labute approximate surface area is 177 Å². The van der Waals surface area contributed by atoms with Crippen molar-refractivity contribution >= 4 is 38.8 Å². The monoisotopic (exact) mass is 449 g/mol. The average molecular weight is 450 g/mol. The topological polar surface area (TPSA) is 71.8 Å². The van der Waals surface area contributed by atoms with Crippen molar-refractivity contribution in [2.75, 3.05) is 11.9 Å². The van der Waals surface area contributed by atoms with E-state index in [1.807, 2.05) is 41.0 Å². The van der Waals surface area contributed by atoms with Crippen LogP contribution >= 0.6 is 15.9 Å². The third-order valence-electron chi connectivity index (χ3n) is 4.52. The number of urea groups is 1. The Bertz CT molecular complexity index is 1150. The first kappa shape index (κ1) is 19.1. The number of amides is 2. The second-order valence-electron chi connectivity index (χ2n) is 6.69. The molecule has 0 atom stereocenters. The molecule has 0 aliphatic carbocycles. The van der Waals surface area contributed by atoms with Crippen LogP contribution in [0.15, 0.2) is 71.3 Å². The molecule has 0 saturated heterocycles. The molecule has 0 unspecified atom stereocenters. The summed E-state index contributed by atoms with van der Waals surface area (Å²) >= 11 is 3.40. The number of carbonyl (C=O) groups is 1. The predicted octanol–water partition coefficient (Wildman–Crippen LogP) is 4.99. The van der Waals surface area contributed by atoms with Gasteiger partial charge in [-0.2, -0.15) is 0 Å². The Morgan fingerprint density at radius 1 is 1.10 bits per heavy atom. The van der Waals surface area contributed by atoms with Crippen molar-refractivity contribution in [2.24, 2.45) is 0 Å². The molecule has 7 heteroatoms. The first-order valence-electron chi connectivity index (χ1n) is 9.29. The molecule has 146 valence electrons. The number of halogens is 1. The molecule has 0 radical (unpaired) electrons. The lowest BCUT2D eigenvalue weighted by atomic mass is 10.1. The van der Waals surface area contributed by atoms with Gasteiger partial charge in [0.1, 0.15) is 11.3 Å². The van der Waals surface area contributed by atoms with Crippen LogP contribution in [0.2, 0.25) is 0 Å². The van der Waals surface area contributed by atoms with E-state index < -0.39 is 0 Å². The maximum absolute atomic E-state index is 12.2. The number of hydrogen-bond acceptors (Lipinski definition) is 3. The highest BCUT2D eigenvalue weighted by atomic mass is 79.9. The molecule has 0 aliphatic rings. The van der Waals surface area contributed by atoms with E-state index in [1.54, 1.807) is 6.20 Å². The summed E-state index contributed by atoms with van der Waals surface area (Å²) in [5, 5.41) is 5.73. The van der Waals surface area contributed by atoms with Crippen LogP contribution < -0.4 is 10.6 Å². The van der Waals surface area contributed by atoms with Gasteiger partial charge in [-0.1, -0.05) is 51.8 Å². The SMILES string of the molecule is Cc1ccc(-c2nc3cccnc3n2CCNC(=O)Nc2cccc(Br)c2)cc1. The van der Waals surface area contributed by atoms with Gasteiger partial charge in [-0.15, -0.1) is 0 Å². The highest BCUT2D eigenvalue weighted by molar-refractivity contribution is 9.10. The lowest BCUT2D eigenvalue weighted by Crippen LogP contribution is -2.31. The van der Waals surface area contributed by atoms with Crippen LogP contribution in [0.1, 0.15) is 5.56 Å². The fourth-order valence-corrected chi connectivity index (χ4v) is 3.52. The summed E-state index contributed by atoms with van der Waals surface area (Å²) in [5.74, 6) is 0.841. The number of anilines is 1. The number of nitrogens with one attached hydrogen (secondary N) is 2. The van der Waals surface area contributed by atoms with Gasteiger partial charge in [0, 0.05) is 35.0 Å². The van der Waals surface area contributed by atoms with E-state index in [1.165, 1.54) is 5.56 Å². The van der Waals surface area contributed by atoms with Gasteiger partial charge in [0.05, 0.1) is 0 Å². The van der Waals surface area contributed by atoms with Gasteiger partial charge in [-0.05, 0) is 37.3 Å². The molecule has 2 heterocycles. The molecule has 2 aromatic heterocycles. The number of hydrogen-bond donors (Lipinski definition) is 2. The summed E-state index contributed by atoms with van der Waals surface area (Å²) in [6, 6.07) is 19.3.